The zero-order valence-electron chi connectivity index (χ0n) is 21.3. The molecule has 10 heteroatoms. The van der Waals surface area contributed by atoms with Crippen LogP contribution >= 0.6 is 11.3 Å². The van der Waals surface area contributed by atoms with Gasteiger partial charge in [0.2, 0.25) is 0 Å². The van der Waals surface area contributed by atoms with Crippen molar-refractivity contribution in [2.75, 3.05) is 20.3 Å². The van der Waals surface area contributed by atoms with Gasteiger partial charge in [0.1, 0.15) is 16.7 Å². The zero-order valence-corrected chi connectivity index (χ0v) is 22.1. The number of methoxy groups -OCH3 is 1. The molecule has 0 unspecified atom stereocenters. The topological polar surface area (TPSA) is 98.0 Å². The summed E-state index contributed by atoms with van der Waals surface area (Å²) in [5.74, 6) is 0.226. The normalized spacial score (nSPS) is 20.9. The number of nitrogens with zero attached hydrogens (tertiary/aromatic N) is 2. The Labute approximate surface area is 218 Å². The van der Waals surface area contributed by atoms with Crippen LogP contribution in [0, 0.1) is 18.8 Å². The van der Waals surface area contributed by atoms with E-state index in [4.69, 9.17) is 19.0 Å². The summed E-state index contributed by atoms with van der Waals surface area (Å²) >= 11 is 1.31. The van der Waals surface area contributed by atoms with E-state index in [0.717, 1.165) is 24.0 Å². The standard InChI is InChI=1S/C27H32N2O7S/c1-16-12-18(13-16)26(31)36-29-24(30)23-17(2)15-37-25(23)28(27(29)32)14-22(35-19-8-10-34-11-9-19)20-6-4-5-7-21(20)33-3/h4-7,15-16,18-19,22H,8-14H2,1-3H3/t16?,18?,22-/m0/s1. The smallest absolute Gasteiger partial charge is 0.366 e. The van der Waals surface area contributed by atoms with E-state index < -0.39 is 23.3 Å². The van der Waals surface area contributed by atoms with Gasteiger partial charge in [0.15, 0.2) is 0 Å². The fourth-order valence-electron chi connectivity index (χ4n) is 5.13. The molecule has 9 nitrogen and oxygen atoms in total. The monoisotopic (exact) mass is 528 g/mol. The molecule has 1 aliphatic carbocycles. The first kappa shape index (κ1) is 25.7. The van der Waals surface area contributed by atoms with E-state index in [0.29, 0.717) is 52.7 Å². The number of hydrogen-bond donors (Lipinski definition) is 0. The summed E-state index contributed by atoms with van der Waals surface area (Å²) in [5.41, 5.74) is 0.202. The van der Waals surface area contributed by atoms with Gasteiger partial charge in [0.25, 0.3) is 5.56 Å². The Morgan fingerprint density at radius 2 is 1.92 bits per heavy atom. The number of aryl methyl sites for hydroxylation is 1. The average molecular weight is 529 g/mol. The number of para-hydroxylation sites is 1. The molecule has 1 aromatic carbocycles. The van der Waals surface area contributed by atoms with Gasteiger partial charge < -0.3 is 19.0 Å². The number of hydrogen-bond acceptors (Lipinski definition) is 8. The number of benzene rings is 1. The van der Waals surface area contributed by atoms with Crippen LogP contribution in [0.1, 0.15) is 49.8 Å². The maximum absolute atomic E-state index is 13.7. The van der Waals surface area contributed by atoms with Crippen molar-refractivity contribution < 1.29 is 23.8 Å². The molecular formula is C27H32N2O7S. The van der Waals surface area contributed by atoms with E-state index in [2.05, 4.69) is 6.92 Å². The molecular weight excluding hydrogens is 496 g/mol. The van der Waals surface area contributed by atoms with Crippen molar-refractivity contribution in [3.8, 4) is 5.75 Å². The highest BCUT2D eigenvalue weighted by atomic mass is 32.1. The van der Waals surface area contributed by atoms with E-state index in [9.17, 15) is 14.4 Å². The summed E-state index contributed by atoms with van der Waals surface area (Å²) in [7, 11) is 1.60. The second kappa shape index (κ2) is 10.8. The molecule has 1 atom stereocenters. The van der Waals surface area contributed by atoms with Crippen molar-refractivity contribution in [2.24, 2.45) is 11.8 Å². The lowest BCUT2D eigenvalue weighted by Crippen LogP contribution is -2.48. The van der Waals surface area contributed by atoms with Gasteiger partial charge in [-0.15, -0.1) is 11.3 Å². The van der Waals surface area contributed by atoms with Gasteiger partial charge in [-0.2, -0.15) is 0 Å². The van der Waals surface area contributed by atoms with E-state index in [-0.39, 0.29) is 18.6 Å². The van der Waals surface area contributed by atoms with Crippen LogP contribution in [0.15, 0.2) is 39.2 Å². The molecule has 37 heavy (non-hydrogen) atoms. The zero-order chi connectivity index (χ0) is 26.1. The Morgan fingerprint density at radius 3 is 2.62 bits per heavy atom. The summed E-state index contributed by atoms with van der Waals surface area (Å²) < 4.78 is 19.8. The molecule has 5 rings (SSSR count). The molecule has 2 aliphatic rings. The number of carbonyl (C=O) groups is 1. The number of ether oxygens (including phenoxy) is 3. The molecule has 3 aromatic rings. The van der Waals surface area contributed by atoms with E-state index >= 15 is 0 Å². The predicted molar refractivity (Wildman–Crippen MR) is 139 cm³/mol. The van der Waals surface area contributed by atoms with Crippen molar-refractivity contribution in [1.82, 2.24) is 9.30 Å². The number of aromatic nitrogens is 2. The summed E-state index contributed by atoms with van der Waals surface area (Å²) in [5, 5.41) is 2.20. The van der Waals surface area contributed by atoms with Crippen LogP contribution in [0.5, 0.6) is 5.75 Å². The second-order valence-electron chi connectivity index (χ2n) is 9.95. The van der Waals surface area contributed by atoms with Crippen molar-refractivity contribution in [3.05, 3.63) is 61.6 Å². The molecule has 1 saturated heterocycles. The largest absolute Gasteiger partial charge is 0.496 e. The van der Waals surface area contributed by atoms with E-state index in [1.165, 1.54) is 15.9 Å². The SMILES string of the molecule is COc1ccccc1[C@H](Cn1c(=O)n(OC(=O)C2CC(C)C2)c(=O)c2c(C)csc21)OC1CCOCC1. The number of carbonyl (C=O) groups excluding carboxylic acids is 1. The quantitative estimate of drug-likeness (QED) is 0.442. The average Bonchev–Trinajstić information content (AvgIpc) is 3.28. The maximum atomic E-state index is 13.7. The molecule has 3 heterocycles. The molecule has 198 valence electrons. The van der Waals surface area contributed by atoms with Gasteiger partial charge in [0, 0.05) is 18.8 Å². The van der Waals surface area contributed by atoms with Crippen LogP contribution in [0.25, 0.3) is 10.2 Å². The molecule has 0 radical (unpaired) electrons. The van der Waals surface area contributed by atoms with Gasteiger partial charge in [-0.1, -0.05) is 29.9 Å². The lowest BCUT2D eigenvalue weighted by molar-refractivity contribution is -0.154. The minimum absolute atomic E-state index is 0.0516. The van der Waals surface area contributed by atoms with Crippen LogP contribution in [0.4, 0.5) is 0 Å². The Balaban J connectivity index is 1.57. The van der Waals surface area contributed by atoms with Gasteiger partial charge >= 0.3 is 11.7 Å². The van der Waals surface area contributed by atoms with Crippen molar-refractivity contribution >= 4 is 27.5 Å². The molecule has 2 aromatic heterocycles. The molecule has 2 fully saturated rings. The highest BCUT2D eigenvalue weighted by molar-refractivity contribution is 7.17. The fraction of sp³-hybridized carbons (Fsp3) is 0.519. The van der Waals surface area contributed by atoms with Crippen LogP contribution in [0.3, 0.4) is 0 Å². The van der Waals surface area contributed by atoms with Crippen LogP contribution in [0.2, 0.25) is 0 Å². The second-order valence-corrected chi connectivity index (χ2v) is 10.8. The Morgan fingerprint density at radius 1 is 1.19 bits per heavy atom. The van der Waals surface area contributed by atoms with Crippen LogP contribution < -0.4 is 20.8 Å². The first-order valence-electron chi connectivity index (χ1n) is 12.7. The minimum atomic E-state index is -0.699. The van der Waals surface area contributed by atoms with E-state index in [1.807, 2.05) is 36.6 Å². The first-order valence-corrected chi connectivity index (χ1v) is 13.6. The van der Waals surface area contributed by atoms with E-state index in [1.54, 1.807) is 7.11 Å². The molecule has 1 saturated carbocycles. The van der Waals surface area contributed by atoms with Crippen molar-refractivity contribution in [1.29, 1.82) is 0 Å². The first-order chi connectivity index (χ1) is 17.9. The lowest BCUT2D eigenvalue weighted by Gasteiger charge is -2.30. The molecule has 1 aliphatic heterocycles. The third-order valence-electron chi connectivity index (χ3n) is 7.25. The fourth-order valence-corrected chi connectivity index (χ4v) is 6.18. The number of thiophene rings is 1. The lowest BCUT2D eigenvalue weighted by atomic mass is 9.76. The Bertz CT molecular complexity index is 1400. The van der Waals surface area contributed by atoms with Gasteiger partial charge in [-0.05, 0) is 55.5 Å². The summed E-state index contributed by atoms with van der Waals surface area (Å²) in [6.07, 6.45) is 2.27. The third-order valence-corrected chi connectivity index (χ3v) is 8.37. The molecule has 0 bridgehead atoms. The maximum Gasteiger partial charge on any atom is 0.366 e. The number of rotatable bonds is 8. The third kappa shape index (κ3) is 5.10. The molecule has 0 N–H and O–H groups in total. The van der Waals surface area contributed by atoms with Crippen LogP contribution in [-0.4, -0.2) is 41.7 Å². The summed E-state index contributed by atoms with van der Waals surface area (Å²) in [4.78, 5) is 45.7. The summed E-state index contributed by atoms with van der Waals surface area (Å²) in [6.45, 7) is 5.20. The Hall–Kier alpha value is -2.95. The van der Waals surface area contributed by atoms with Crippen molar-refractivity contribution in [2.45, 2.75) is 58.3 Å². The summed E-state index contributed by atoms with van der Waals surface area (Å²) in [6, 6.07) is 7.54. The molecule has 0 spiro atoms. The Kier molecular flexibility index (Phi) is 7.50. The minimum Gasteiger partial charge on any atom is -0.496 e. The van der Waals surface area contributed by atoms with Gasteiger partial charge in [-0.25, -0.2) is 9.59 Å². The molecule has 0 amide bonds. The van der Waals surface area contributed by atoms with Gasteiger partial charge in [0.05, 0.1) is 31.1 Å². The highest BCUT2D eigenvalue weighted by Crippen LogP contribution is 2.34. The van der Waals surface area contributed by atoms with Crippen molar-refractivity contribution in [3.63, 3.8) is 0 Å². The number of fused-ring (bicyclic) bond motifs is 1. The highest BCUT2D eigenvalue weighted by Gasteiger charge is 2.34. The van der Waals surface area contributed by atoms with Crippen LogP contribution in [-0.2, 0) is 20.8 Å². The predicted octanol–water partition coefficient (Wildman–Crippen LogP) is 3.48. The van der Waals surface area contributed by atoms with Gasteiger partial charge in [-0.3, -0.25) is 9.36 Å².